The van der Waals surface area contributed by atoms with Gasteiger partial charge in [-0.3, -0.25) is 0 Å². The van der Waals surface area contributed by atoms with E-state index < -0.39 is 0 Å². The molecular formula is C16H24N4. The van der Waals surface area contributed by atoms with Crippen molar-refractivity contribution in [3.05, 3.63) is 24.3 Å². The number of benzene rings is 1. The molecule has 108 valence electrons. The van der Waals surface area contributed by atoms with Gasteiger partial charge in [0.1, 0.15) is 0 Å². The lowest BCUT2D eigenvalue weighted by Gasteiger charge is -2.32. The van der Waals surface area contributed by atoms with Crippen LogP contribution < -0.4 is 5.32 Å². The van der Waals surface area contributed by atoms with E-state index in [4.69, 9.17) is 0 Å². The molecule has 0 aliphatic carbocycles. The predicted octanol–water partition coefficient (Wildman–Crippen LogP) is 3.24. The molecule has 0 bridgehead atoms. The number of aromatic amines is 1. The number of nitrogens with one attached hydrogen (secondary N) is 2. The van der Waals surface area contributed by atoms with Gasteiger partial charge >= 0.3 is 0 Å². The number of aromatic nitrogens is 2. The Morgan fingerprint density at radius 1 is 1.30 bits per heavy atom. The number of fused-ring (bicyclic) bond motifs is 1. The second-order valence-corrected chi connectivity index (χ2v) is 5.72. The monoisotopic (exact) mass is 272 g/mol. The van der Waals surface area contributed by atoms with Gasteiger partial charge in [0.2, 0.25) is 5.95 Å². The van der Waals surface area contributed by atoms with Gasteiger partial charge < -0.3 is 15.2 Å². The maximum absolute atomic E-state index is 4.60. The summed E-state index contributed by atoms with van der Waals surface area (Å²) in [5.74, 6) is 0.915. The largest absolute Gasteiger partial charge is 0.353 e. The number of nitrogens with zero attached hydrogens (tertiary/aromatic N) is 2. The third-order valence-electron chi connectivity index (χ3n) is 4.15. The Hall–Kier alpha value is -1.55. The lowest BCUT2D eigenvalue weighted by molar-refractivity contribution is 0.216. The molecule has 1 aromatic carbocycles. The van der Waals surface area contributed by atoms with Crippen LogP contribution >= 0.6 is 0 Å². The molecule has 0 amide bonds. The van der Waals surface area contributed by atoms with E-state index in [9.17, 15) is 0 Å². The van der Waals surface area contributed by atoms with E-state index in [2.05, 4.69) is 33.2 Å². The smallest absolute Gasteiger partial charge is 0.201 e. The quantitative estimate of drug-likeness (QED) is 0.878. The molecule has 0 saturated carbocycles. The fourth-order valence-corrected chi connectivity index (χ4v) is 2.90. The van der Waals surface area contributed by atoms with Crippen LogP contribution in [-0.4, -0.2) is 40.5 Å². The predicted molar refractivity (Wildman–Crippen MR) is 84.1 cm³/mol. The van der Waals surface area contributed by atoms with Crippen LogP contribution in [0, 0.1) is 0 Å². The van der Waals surface area contributed by atoms with Gasteiger partial charge in [-0.15, -0.1) is 0 Å². The van der Waals surface area contributed by atoms with Crippen molar-refractivity contribution < 1.29 is 0 Å². The number of imidazole rings is 1. The lowest BCUT2D eigenvalue weighted by Crippen LogP contribution is -2.39. The maximum Gasteiger partial charge on any atom is 0.201 e. The minimum atomic E-state index is 0.549. The van der Waals surface area contributed by atoms with Gasteiger partial charge in [-0.2, -0.15) is 0 Å². The van der Waals surface area contributed by atoms with Crippen LogP contribution in [0.1, 0.15) is 32.6 Å². The van der Waals surface area contributed by atoms with Gasteiger partial charge in [0, 0.05) is 19.1 Å². The Kier molecular flexibility index (Phi) is 4.21. The van der Waals surface area contributed by atoms with Gasteiger partial charge in [-0.1, -0.05) is 25.5 Å². The van der Waals surface area contributed by atoms with Crippen LogP contribution in [0.15, 0.2) is 24.3 Å². The van der Waals surface area contributed by atoms with Crippen molar-refractivity contribution in [3.63, 3.8) is 0 Å². The average Bonchev–Trinajstić information content (AvgIpc) is 2.89. The number of H-pyrrole nitrogens is 1. The summed E-state index contributed by atoms with van der Waals surface area (Å²) in [6, 6.07) is 8.73. The third kappa shape index (κ3) is 3.12. The minimum absolute atomic E-state index is 0.549. The van der Waals surface area contributed by atoms with Crippen LogP contribution in [0.5, 0.6) is 0 Å². The average molecular weight is 272 g/mol. The summed E-state index contributed by atoms with van der Waals surface area (Å²) < 4.78 is 0. The normalized spacial score (nSPS) is 17.6. The van der Waals surface area contributed by atoms with Gasteiger partial charge in [0.15, 0.2) is 0 Å². The van der Waals surface area contributed by atoms with Gasteiger partial charge in [0.05, 0.1) is 11.0 Å². The summed E-state index contributed by atoms with van der Waals surface area (Å²) in [4.78, 5) is 10.5. The first-order valence-electron chi connectivity index (χ1n) is 7.79. The fraction of sp³-hybridized carbons (Fsp3) is 0.562. The molecule has 0 atom stereocenters. The zero-order valence-electron chi connectivity index (χ0n) is 12.2. The van der Waals surface area contributed by atoms with E-state index in [0.29, 0.717) is 6.04 Å². The SMILES string of the molecule is CCCCN1CCC(Nc2nc3ccccc3[nH]2)CC1. The van der Waals surface area contributed by atoms with Gasteiger partial charge in [-0.05, 0) is 37.9 Å². The van der Waals surface area contributed by atoms with Crippen LogP contribution in [-0.2, 0) is 0 Å². The summed E-state index contributed by atoms with van der Waals surface area (Å²) >= 11 is 0. The zero-order chi connectivity index (χ0) is 13.8. The Morgan fingerprint density at radius 3 is 2.85 bits per heavy atom. The molecule has 0 radical (unpaired) electrons. The first kappa shape index (κ1) is 13.4. The Morgan fingerprint density at radius 2 is 2.10 bits per heavy atom. The topological polar surface area (TPSA) is 44.0 Å². The van der Waals surface area contributed by atoms with Crippen molar-refractivity contribution in [2.75, 3.05) is 25.0 Å². The number of anilines is 1. The molecule has 0 unspecified atom stereocenters. The molecule has 1 aromatic heterocycles. The van der Waals surface area contributed by atoms with E-state index in [0.717, 1.165) is 17.0 Å². The van der Waals surface area contributed by atoms with Gasteiger partial charge in [-0.25, -0.2) is 4.98 Å². The number of piperidine rings is 1. The van der Waals surface area contributed by atoms with E-state index in [1.807, 2.05) is 18.2 Å². The molecule has 1 aliphatic heterocycles. The molecule has 1 fully saturated rings. The maximum atomic E-state index is 4.60. The van der Waals surface area contributed by atoms with Gasteiger partial charge in [0.25, 0.3) is 0 Å². The highest BCUT2D eigenvalue weighted by molar-refractivity contribution is 5.77. The molecule has 2 heterocycles. The molecule has 20 heavy (non-hydrogen) atoms. The Balaban J connectivity index is 1.54. The molecule has 4 nitrogen and oxygen atoms in total. The van der Waals surface area contributed by atoms with Crippen molar-refractivity contribution in [1.82, 2.24) is 14.9 Å². The van der Waals surface area contributed by atoms with E-state index in [-0.39, 0.29) is 0 Å². The van der Waals surface area contributed by atoms with Crippen LogP contribution in [0.4, 0.5) is 5.95 Å². The highest BCUT2D eigenvalue weighted by Gasteiger charge is 2.19. The summed E-state index contributed by atoms with van der Waals surface area (Å²) in [5, 5.41) is 3.55. The van der Waals surface area contributed by atoms with Crippen LogP contribution in [0.3, 0.4) is 0 Å². The number of unbranched alkanes of at least 4 members (excludes halogenated alkanes) is 1. The fourth-order valence-electron chi connectivity index (χ4n) is 2.90. The summed E-state index contributed by atoms with van der Waals surface area (Å²) in [7, 11) is 0. The van der Waals surface area contributed by atoms with Crippen molar-refractivity contribution in [3.8, 4) is 0 Å². The molecular weight excluding hydrogens is 248 g/mol. The summed E-state index contributed by atoms with van der Waals surface area (Å²) in [6.07, 6.45) is 5.03. The second kappa shape index (κ2) is 6.27. The summed E-state index contributed by atoms with van der Waals surface area (Å²) in [6.45, 7) is 5.93. The molecule has 2 aromatic rings. The van der Waals surface area contributed by atoms with Crippen molar-refractivity contribution in [1.29, 1.82) is 0 Å². The highest BCUT2D eigenvalue weighted by atomic mass is 15.2. The molecule has 2 N–H and O–H groups in total. The van der Waals surface area contributed by atoms with Crippen molar-refractivity contribution >= 4 is 17.0 Å². The Bertz CT molecular complexity index is 507. The standard InChI is InChI=1S/C16H24N4/c1-2-3-10-20-11-8-13(9-12-20)17-16-18-14-6-4-5-7-15(14)19-16/h4-7,13H,2-3,8-12H2,1H3,(H2,17,18,19). The molecule has 3 rings (SSSR count). The first-order chi connectivity index (χ1) is 9.85. The summed E-state index contributed by atoms with van der Waals surface area (Å²) in [5.41, 5.74) is 2.14. The van der Waals surface area contributed by atoms with Crippen LogP contribution in [0.2, 0.25) is 0 Å². The van der Waals surface area contributed by atoms with Crippen molar-refractivity contribution in [2.45, 2.75) is 38.6 Å². The Labute approximate surface area is 120 Å². The molecule has 4 heteroatoms. The zero-order valence-corrected chi connectivity index (χ0v) is 12.2. The highest BCUT2D eigenvalue weighted by Crippen LogP contribution is 2.18. The lowest BCUT2D eigenvalue weighted by atomic mass is 10.1. The van der Waals surface area contributed by atoms with E-state index in [1.54, 1.807) is 0 Å². The van der Waals surface area contributed by atoms with Crippen LogP contribution in [0.25, 0.3) is 11.0 Å². The van der Waals surface area contributed by atoms with E-state index >= 15 is 0 Å². The number of rotatable bonds is 5. The third-order valence-corrected chi connectivity index (χ3v) is 4.15. The number of likely N-dealkylation sites (tertiary alicyclic amines) is 1. The molecule has 1 saturated heterocycles. The molecule has 0 spiro atoms. The first-order valence-corrected chi connectivity index (χ1v) is 7.79. The number of hydrogen-bond acceptors (Lipinski definition) is 3. The number of hydrogen-bond donors (Lipinski definition) is 2. The van der Waals surface area contributed by atoms with E-state index in [1.165, 1.54) is 45.3 Å². The minimum Gasteiger partial charge on any atom is -0.353 e. The number of para-hydroxylation sites is 2. The van der Waals surface area contributed by atoms with Crippen molar-refractivity contribution in [2.24, 2.45) is 0 Å². The second-order valence-electron chi connectivity index (χ2n) is 5.72. The molecule has 1 aliphatic rings.